The molecule has 0 N–H and O–H groups in total. The molecule has 45 heavy (non-hydrogen) atoms. The third kappa shape index (κ3) is 3.58. The van der Waals surface area contributed by atoms with Gasteiger partial charge in [-0.25, -0.2) is 0 Å². The molecule has 0 bridgehead atoms. The highest BCUT2D eigenvalue weighted by Crippen LogP contribution is 2.54. The van der Waals surface area contributed by atoms with Crippen molar-refractivity contribution in [2.75, 3.05) is 9.80 Å². The maximum absolute atomic E-state index is 2.61. The molecule has 2 aliphatic carbocycles. The van der Waals surface area contributed by atoms with Crippen LogP contribution in [-0.2, 0) is 0 Å². The maximum atomic E-state index is 2.61. The van der Waals surface area contributed by atoms with Crippen LogP contribution in [0.3, 0.4) is 0 Å². The molecule has 0 radical (unpaired) electrons. The van der Waals surface area contributed by atoms with E-state index in [0.717, 1.165) is 0 Å². The van der Waals surface area contributed by atoms with Crippen molar-refractivity contribution in [3.63, 3.8) is 0 Å². The van der Waals surface area contributed by atoms with E-state index < -0.39 is 0 Å². The van der Waals surface area contributed by atoms with Crippen LogP contribution in [0, 0.1) is 0 Å². The van der Waals surface area contributed by atoms with E-state index in [1.54, 1.807) is 0 Å². The summed E-state index contributed by atoms with van der Waals surface area (Å²) < 4.78 is 0. The van der Waals surface area contributed by atoms with Gasteiger partial charge in [0.25, 0.3) is 6.71 Å². The number of para-hydroxylation sites is 3. The summed E-state index contributed by atoms with van der Waals surface area (Å²) in [5, 5.41) is 2.70. The van der Waals surface area contributed by atoms with Gasteiger partial charge in [-0.2, -0.15) is 0 Å². The van der Waals surface area contributed by atoms with Crippen LogP contribution in [0.4, 0.5) is 28.4 Å². The number of rotatable bonds is 3. The highest BCUT2D eigenvalue weighted by atomic mass is 15.2. The van der Waals surface area contributed by atoms with Gasteiger partial charge in [0.2, 0.25) is 0 Å². The lowest BCUT2D eigenvalue weighted by Gasteiger charge is -2.45. The van der Waals surface area contributed by atoms with Crippen LogP contribution >= 0.6 is 0 Å². The molecule has 2 aliphatic heterocycles. The lowest BCUT2D eigenvalue weighted by atomic mass is 9.32. The second-order valence-corrected chi connectivity index (χ2v) is 13.1. The first kappa shape index (κ1) is 25.3. The molecule has 214 valence electrons. The summed E-state index contributed by atoms with van der Waals surface area (Å²) in [6.45, 7) is 0.138. The molecular weight excluding hydrogens is 543 g/mol. The molecule has 2 nitrogen and oxygen atoms in total. The van der Waals surface area contributed by atoms with Crippen molar-refractivity contribution in [2.24, 2.45) is 0 Å². The zero-order valence-electron chi connectivity index (χ0n) is 25.3. The minimum atomic E-state index is 0.138. The lowest BCUT2D eigenvalue weighted by Crippen LogP contribution is -2.55. The van der Waals surface area contributed by atoms with Gasteiger partial charge < -0.3 is 9.80 Å². The van der Waals surface area contributed by atoms with E-state index in [0.29, 0.717) is 5.92 Å². The van der Waals surface area contributed by atoms with E-state index >= 15 is 0 Å². The lowest BCUT2D eigenvalue weighted by molar-refractivity contribution is 0.444. The van der Waals surface area contributed by atoms with Crippen LogP contribution in [-0.4, -0.2) is 6.71 Å². The second-order valence-electron chi connectivity index (χ2n) is 13.1. The Balaban J connectivity index is 1.35. The molecule has 1 saturated carbocycles. The average Bonchev–Trinajstić information content (AvgIpc) is 3.44. The van der Waals surface area contributed by atoms with Crippen molar-refractivity contribution in [1.29, 1.82) is 0 Å². The molecule has 0 unspecified atom stereocenters. The molecule has 6 aromatic carbocycles. The first-order valence-corrected chi connectivity index (χ1v) is 16.6. The number of anilines is 5. The summed E-state index contributed by atoms with van der Waals surface area (Å²) in [5.41, 5.74) is 16.2. The molecule has 0 saturated heterocycles. The molecule has 1 fully saturated rings. The third-order valence-corrected chi connectivity index (χ3v) is 10.7. The normalized spacial score (nSPS) is 16.6. The largest absolute Gasteiger partial charge is 0.311 e. The molecule has 10 rings (SSSR count). The van der Waals surface area contributed by atoms with Gasteiger partial charge in [0, 0.05) is 39.7 Å². The Morgan fingerprint density at radius 1 is 0.533 bits per heavy atom. The Kier molecular flexibility index (Phi) is 5.48. The predicted octanol–water partition coefficient (Wildman–Crippen LogP) is 9.85. The SMILES string of the molecule is c1ccc(N2C3=C(B4c5ccccc5N(c5ccccc5)c5cc(C6CCCCC6)cc2c54)c2cccc4cccc3c24)cc1. The highest BCUT2D eigenvalue weighted by Gasteiger charge is 2.48. The average molecular weight is 577 g/mol. The van der Waals surface area contributed by atoms with E-state index in [4.69, 9.17) is 0 Å². The van der Waals surface area contributed by atoms with Gasteiger partial charge >= 0.3 is 0 Å². The van der Waals surface area contributed by atoms with E-state index in [-0.39, 0.29) is 6.71 Å². The fraction of sp³-hybridized carbons (Fsp3) is 0.143. The Bertz CT molecular complexity index is 2160. The molecule has 3 heteroatoms. The minimum absolute atomic E-state index is 0.138. The highest BCUT2D eigenvalue weighted by molar-refractivity contribution is 7.05. The maximum Gasteiger partial charge on any atom is 0.252 e. The van der Waals surface area contributed by atoms with Crippen LogP contribution in [0.2, 0.25) is 0 Å². The van der Waals surface area contributed by atoms with E-state index in [9.17, 15) is 0 Å². The van der Waals surface area contributed by atoms with Crippen molar-refractivity contribution >= 4 is 68.0 Å². The molecule has 0 aromatic heterocycles. The van der Waals surface area contributed by atoms with Crippen molar-refractivity contribution in [1.82, 2.24) is 0 Å². The second kappa shape index (κ2) is 9.74. The zero-order chi connectivity index (χ0) is 29.5. The molecule has 4 aliphatic rings. The van der Waals surface area contributed by atoms with Crippen LogP contribution in [0.1, 0.15) is 54.7 Å². The third-order valence-electron chi connectivity index (χ3n) is 10.7. The Morgan fingerprint density at radius 2 is 1.16 bits per heavy atom. The monoisotopic (exact) mass is 576 g/mol. The summed E-state index contributed by atoms with van der Waals surface area (Å²) in [6.07, 6.45) is 6.54. The fourth-order valence-corrected chi connectivity index (χ4v) is 8.89. The Labute approximate surface area is 265 Å². The van der Waals surface area contributed by atoms with Crippen LogP contribution in [0.15, 0.2) is 133 Å². The van der Waals surface area contributed by atoms with Crippen LogP contribution in [0.25, 0.3) is 21.9 Å². The van der Waals surface area contributed by atoms with Gasteiger partial charge in [-0.15, -0.1) is 0 Å². The van der Waals surface area contributed by atoms with Gasteiger partial charge in [0.15, 0.2) is 0 Å². The van der Waals surface area contributed by atoms with Crippen molar-refractivity contribution in [3.8, 4) is 0 Å². The number of hydrogen-bond donors (Lipinski definition) is 0. The van der Waals surface area contributed by atoms with Crippen LogP contribution < -0.4 is 20.7 Å². The number of nitrogens with zero attached hydrogens (tertiary/aromatic N) is 2. The first-order valence-electron chi connectivity index (χ1n) is 16.6. The van der Waals surface area contributed by atoms with Crippen molar-refractivity contribution in [3.05, 3.63) is 150 Å². The van der Waals surface area contributed by atoms with Gasteiger partial charge in [-0.1, -0.05) is 110 Å². The Hall–Kier alpha value is -5.02. The summed E-state index contributed by atoms with van der Waals surface area (Å²) in [6, 6.07) is 50.2. The summed E-state index contributed by atoms with van der Waals surface area (Å²) in [5.74, 6) is 0.589. The topological polar surface area (TPSA) is 6.48 Å². The summed E-state index contributed by atoms with van der Waals surface area (Å²) >= 11 is 0. The van der Waals surface area contributed by atoms with Crippen molar-refractivity contribution < 1.29 is 0 Å². The number of hydrogen-bond acceptors (Lipinski definition) is 2. The van der Waals surface area contributed by atoms with Gasteiger partial charge in [0.1, 0.15) is 0 Å². The summed E-state index contributed by atoms with van der Waals surface area (Å²) in [4.78, 5) is 5.16. The quantitative estimate of drug-likeness (QED) is 0.194. The van der Waals surface area contributed by atoms with Gasteiger partial charge in [-0.05, 0) is 99.5 Å². The van der Waals surface area contributed by atoms with E-state index in [2.05, 4.69) is 143 Å². The number of fused-ring (bicyclic) bond motifs is 5. The zero-order valence-corrected chi connectivity index (χ0v) is 25.3. The van der Waals surface area contributed by atoms with Crippen molar-refractivity contribution in [2.45, 2.75) is 38.0 Å². The Morgan fingerprint density at radius 3 is 1.89 bits per heavy atom. The molecule has 0 spiro atoms. The molecule has 2 heterocycles. The molecular formula is C42H33BN2. The van der Waals surface area contributed by atoms with Gasteiger partial charge in [0.05, 0.1) is 0 Å². The first-order chi connectivity index (χ1) is 22.4. The molecule has 0 amide bonds. The number of benzene rings is 6. The minimum Gasteiger partial charge on any atom is -0.311 e. The predicted molar refractivity (Wildman–Crippen MR) is 191 cm³/mol. The van der Waals surface area contributed by atoms with Crippen LogP contribution in [0.5, 0.6) is 0 Å². The smallest absolute Gasteiger partial charge is 0.252 e. The molecule has 0 atom stereocenters. The fourth-order valence-electron chi connectivity index (χ4n) is 8.89. The van der Waals surface area contributed by atoms with E-state index in [1.807, 2.05) is 0 Å². The molecule has 6 aromatic rings. The standard InChI is InChI=1S/C42H33BN2/c1-4-14-28(15-5-1)30-26-37-41-38(27-30)45(32-20-8-3-9-21-32)42-34-23-13-17-29-16-12-22-33(39(29)34)40(42)43(41)35-24-10-11-25-36(35)44(37)31-18-6-2-7-19-31/h2-3,6-13,16-28H,1,4-5,14-15H2. The van der Waals surface area contributed by atoms with E-state index in [1.165, 1.54) is 110 Å². The summed E-state index contributed by atoms with van der Waals surface area (Å²) in [7, 11) is 0. The van der Waals surface area contributed by atoms with Gasteiger partial charge in [-0.3, -0.25) is 0 Å².